The summed E-state index contributed by atoms with van der Waals surface area (Å²) in [5.41, 5.74) is -1.07. The Morgan fingerprint density at radius 3 is 2.12 bits per heavy atom. The molecule has 1 fully saturated rings. The second-order valence-electron chi connectivity index (χ2n) is 6.32. The third-order valence-electron chi connectivity index (χ3n) is 3.12. The molecule has 0 aliphatic carbocycles. The minimum atomic E-state index is -0.625. The zero-order valence-corrected chi connectivity index (χ0v) is 11.0. The molecule has 94 valence electrons. The first-order valence-electron chi connectivity index (χ1n) is 5.85. The fraction of sp³-hybridized carbons (Fsp3) is 0.917. The van der Waals surface area contributed by atoms with E-state index in [1.54, 1.807) is 0 Å². The van der Waals surface area contributed by atoms with E-state index < -0.39 is 11.2 Å². The number of rotatable bonds is 0. The minimum absolute atomic E-state index is 0.192. The predicted octanol–water partition coefficient (Wildman–Crippen LogP) is 1.91. The molecule has 0 aromatic rings. The zero-order chi connectivity index (χ0) is 12.6. The SMILES string of the molecule is CC1(O)CC[N+](C)(C(=O)OC(C)(C)C)CC1. The van der Waals surface area contributed by atoms with Crippen LogP contribution in [0.15, 0.2) is 0 Å². The van der Waals surface area contributed by atoms with E-state index in [4.69, 9.17) is 4.74 Å². The first-order chi connectivity index (χ1) is 7.04. The number of piperidine rings is 1. The van der Waals surface area contributed by atoms with E-state index in [9.17, 15) is 9.90 Å². The Labute approximate surface area is 97.8 Å². The molecule has 0 spiro atoms. The average molecular weight is 230 g/mol. The maximum absolute atomic E-state index is 12.0. The molecule has 0 saturated carbocycles. The van der Waals surface area contributed by atoms with E-state index >= 15 is 0 Å². The maximum Gasteiger partial charge on any atom is 0.516 e. The number of carbonyl (C=O) groups excluding carboxylic acids is 1. The highest BCUT2D eigenvalue weighted by atomic mass is 16.6. The topological polar surface area (TPSA) is 46.5 Å². The summed E-state index contributed by atoms with van der Waals surface area (Å²) >= 11 is 0. The third-order valence-corrected chi connectivity index (χ3v) is 3.12. The summed E-state index contributed by atoms with van der Waals surface area (Å²) in [6.07, 6.45) is 1.09. The average Bonchev–Trinajstić information content (AvgIpc) is 2.08. The van der Waals surface area contributed by atoms with Crippen molar-refractivity contribution in [3.05, 3.63) is 0 Å². The normalized spacial score (nSPS) is 35.9. The van der Waals surface area contributed by atoms with Crippen molar-refractivity contribution in [1.82, 2.24) is 0 Å². The van der Waals surface area contributed by atoms with Crippen LogP contribution >= 0.6 is 0 Å². The smallest absolute Gasteiger partial charge is 0.414 e. The summed E-state index contributed by atoms with van der Waals surface area (Å²) in [7, 11) is 1.88. The van der Waals surface area contributed by atoms with Crippen molar-refractivity contribution >= 4 is 6.09 Å². The largest absolute Gasteiger partial charge is 0.516 e. The van der Waals surface area contributed by atoms with Gasteiger partial charge in [0.1, 0.15) is 5.60 Å². The first-order valence-corrected chi connectivity index (χ1v) is 5.85. The van der Waals surface area contributed by atoms with Gasteiger partial charge >= 0.3 is 6.09 Å². The quantitative estimate of drug-likeness (QED) is 0.647. The lowest BCUT2D eigenvalue weighted by Gasteiger charge is -2.40. The molecule has 1 aliphatic heterocycles. The summed E-state index contributed by atoms with van der Waals surface area (Å²) in [5.74, 6) is 0. The number of hydrogen-bond donors (Lipinski definition) is 1. The lowest BCUT2D eigenvalue weighted by Crippen LogP contribution is -2.58. The van der Waals surface area contributed by atoms with Crippen molar-refractivity contribution in [3.63, 3.8) is 0 Å². The Kier molecular flexibility index (Phi) is 3.37. The fourth-order valence-corrected chi connectivity index (χ4v) is 1.77. The van der Waals surface area contributed by atoms with Gasteiger partial charge in [0.05, 0.1) is 25.7 Å². The van der Waals surface area contributed by atoms with Crippen LogP contribution in [0.1, 0.15) is 40.5 Å². The molecule has 0 aromatic heterocycles. The number of carbonyl (C=O) groups is 1. The van der Waals surface area contributed by atoms with Crippen molar-refractivity contribution < 1.29 is 19.1 Å². The van der Waals surface area contributed by atoms with Gasteiger partial charge in [-0.15, -0.1) is 0 Å². The second kappa shape index (κ2) is 4.00. The summed E-state index contributed by atoms with van der Waals surface area (Å²) in [4.78, 5) is 12.0. The second-order valence-corrected chi connectivity index (χ2v) is 6.32. The number of quaternary nitrogens is 1. The van der Waals surface area contributed by atoms with Gasteiger partial charge in [-0.05, 0) is 27.7 Å². The van der Waals surface area contributed by atoms with Crippen LogP contribution in [0.2, 0.25) is 0 Å². The van der Waals surface area contributed by atoms with Crippen LogP contribution in [0.5, 0.6) is 0 Å². The standard InChI is InChI=1S/C12H24NO3/c1-11(2,3)16-10(14)13(5)8-6-12(4,15)7-9-13/h15H,6-9H2,1-5H3/q+1. The Bertz CT molecular complexity index is 268. The molecule has 1 amide bonds. The van der Waals surface area contributed by atoms with E-state index in [1.165, 1.54) is 0 Å². The number of ether oxygens (including phenoxy) is 1. The minimum Gasteiger partial charge on any atom is -0.414 e. The van der Waals surface area contributed by atoms with Crippen LogP contribution in [-0.4, -0.2) is 47.0 Å². The van der Waals surface area contributed by atoms with E-state index in [-0.39, 0.29) is 10.6 Å². The molecule has 1 N–H and O–H groups in total. The van der Waals surface area contributed by atoms with Gasteiger partial charge in [-0.25, -0.2) is 4.48 Å². The van der Waals surface area contributed by atoms with E-state index in [0.29, 0.717) is 25.9 Å². The summed E-state index contributed by atoms with van der Waals surface area (Å²) in [6.45, 7) is 8.72. The van der Waals surface area contributed by atoms with Gasteiger partial charge in [-0.2, -0.15) is 4.79 Å². The molecule has 1 aliphatic rings. The van der Waals surface area contributed by atoms with Crippen LogP contribution in [0.25, 0.3) is 0 Å². The lowest BCUT2D eigenvalue weighted by molar-refractivity contribution is -0.846. The van der Waals surface area contributed by atoms with Crippen LogP contribution in [0.3, 0.4) is 0 Å². The van der Waals surface area contributed by atoms with E-state index in [0.717, 1.165) is 0 Å². The molecular weight excluding hydrogens is 206 g/mol. The monoisotopic (exact) mass is 230 g/mol. The fourth-order valence-electron chi connectivity index (χ4n) is 1.77. The predicted molar refractivity (Wildman–Crippen MR) is 62.0 cm³/mol. The summed E-state index contributed by atoms with van der Waals surface area (Å²) in [6, 6.07) is 0. The van der Waals surface area contributed by atoms with Crippen molar-refractivity contribution in [1.29, 1.82) is 0 Å². The van der Waals surface area contributed by atoms with Gasteiger partial charge in [0.2, 0.25) is 0 Å². The van der Waals surface area contributed by atoms with Gasteiger partial charge in [-0.1, -0.05) is 0 Å². The van der Waals surface area contributed by atoms with E-state index in [1.807, 2.05) is 34.7 Å². The number of aliphatic hydroxyl groups is 1. The number of amides is 1. The Hall–Kier alpha value is -0.610. The van der Waals surface area contributed by atoms with Crippen LogP contribution in [0, 0.1) is 0 Å². The molecule has 4 nitrogen and oxygen atoms in total. The number of hydrogen-bond acceptors (Lipinski definition) is 3. The maximum atomic E-state index is 12.0. The molecule has 4 heteroatoms. The molecule has 1 saturated heterocycles. The van der Waals surface area contributed by atoms with Crippen LogP contribution in [-0.2, 0) is 4.74 Å². The van der Waals surface area contributed by atoms with Crippen molar-refractivity contribution in [3.8, 4) is 0 Å². The highest BCUT2D eigenvalue weighted by Gasteiger charge is 2.43. The van der Waals surface area contributed by atoms with Gasteiger partial charge < -0.3 is 9.84 Å². The van der Waals surface area contributed by atoms with Crippen LogP contribution < -0.4 is 0 Å². The molecule has 1 heterocycles. The molecule has 0 bridgehead atoms. The van der Waals surface area contributed by atoms with Crippen molar-refractivity contribution in [2.24, 2.45) is 0 Å². The molecule has 1 rings (SSSR count). The Morgan fingerprint density at radius 1 is 1.31 bits per heavy atom. The number of nitrogens with zero attached hydrogens (tertiary/aromatic N) is 1. The molecular formula is C12H24NO3+. The highest BCUT2D eigenvalue weighted by Crippen LogP contribution is 2.27. The number of likely N-dealkylation sites (tertiary alicyclic amines) is 1. The van der Waals surface area contributed by atoms with Gasteiger partial charge in [-0.3, -0.25) is 0 Å². The zero-order valence-electron chi connectivity index (χ0n) is 11.0. The van der Waals surface area contributed by atoms with Crippen molar-refractivity contribution in [2.75, 3.05) is 20.1 Å². The molecule has 0 radical (unpaired) electrons. The Balaban J connectivity index is 2.63. The third kappa shape index (κ3) is 3.46. The van der Waals surface area contributed by atoms with Gasteiger partial charge in [0, 0.05) is 12.8 Å². The lowest BCUT2D eigenvalue weighted by atomic mass is 9.93. The summed E-state index contributed by atoms with van der Waals surface area (Å²) < 4.78 is 5.67. The highest BCUT2D eigenvalue weighted by molar-refractivity contribution is 5.60. The molecule has 16 heavy (non-hydrogen) atoms. The van der Waals surface area contributed by atoms with E-state index in [2.05, 4.69) is 0 Å². The van der Waals surface area contributed by atoms with Crippen LogP contribution in [0.4, 0.5) is 4.79 Å². The van der Waals surface area contributed by atoms with Gasteiger partial charge in [0.15, 0.2) is 0 Å². The van der Waals surface area contributed by atoms with Gasteiger partial charge in [0.25, 0.3) is 0 Å². The molecule has 0 unspecified atom stereocenters. The Morgan fingerprint density at radius 2 is 1.75 bits per heavy atom. The van der Waals surface area contributed by atoms with Crippen molar-refractivity contribution in [2.45, 2.75) is 51.7 Å². The molecule has 0 atom stereocenters. The summed E-state index contributed by atoms with van der Waals surface area (Å²) in [5, 5.41) is 9.86. The first kappa shape index (κ1) is 13.5. The molecule has 0 aromatic carbocycles.